The first-order chi connectivity index (χ1) is 8.63. The van der Waals surface area contributed by atoms with E-state index in [0.29, 0.717) is 0 Å². The smallest absolute Gasteiger partial charge is 0.0704 e. The normalized spacial score (nSPS) is 12.9. The number of methoxy groups -OCH3 is 1. The van der Waals surface area contributed by atoms with Crippen LogP contribution in [-0.4, -0.2) is 26.8 Å². The molecule has 0 aromatic carbocycles. The number of hydrogen-bond acceptors (Lipinski definition) is 3. The Hall–Kier alpha value is 0.1000. The van der Waals surface area contributed by atoms with Crippen LogP contribution in [0, 0.1) is 12.8 Å². The largest absolute Gasteiger partial charge is 0.383 e. The Morgan fingerprint density at radius 2 is 2.17 bits per heavy atom. The lowest BCUT2D eigenvalue weighted by Crippen LogP contribution is -2.21. The van der Waals surface area contributed by atoms with Crippen LogP contribution in [0.3, 0.4) is 0 Å². The first-order valence-electron chi connectivity index (χ1n) is 6.58. The molecule has 4 heteroatoms. The van der Waals surface area contributed by atoms with Gasteiger partial charge in [-0.2, -0.15) is 0 Å². The molecule has 0 amide bonds. The third-order valence-electron chi connectivity index (χ3n) is 3.19. The molecule has 1 unspecified atom stereocenters. The molecule has 0 spiro atoms. The van der Waals surface area contributed by atoms with Crippen molar-refractivity contribution in [2.45, 2.75) is 33.1 Å². The second-order valence-electron chi connectivity index (χ2n) is 4.81. The molecule has 1 rings (SSSR count). The highest BCUT2D eigenvalue weighted by Crippen LogP contribution is 2.28. The fourth-order valence-corrected chi connectivity index (χ4v) is 3.71. The van der Waals surface area contributed by atoms with Crippen molar-refractivity contribution in [1.82, 2.24) is 5.32 Å². The lowest BCUT2D eigenvalue weighted by Gasteiger charge is -2.11. The fraction of sp³-hybridized carbons (Fsp3) is 0.714. The van der Waals surface area contributed by atoms with Crippen molar-refractivity contribution < 1.29 is 4.74 Å². The molecule has 0 aliphatic rings. The van der Waals surface area contributed by atoms with Gasteiger partial charge >= 0.3 is 0 Å². The molecule has 0 saturated heterocycles. The van der Waals surface area contributed by atoms with Gasteiger partial charge in [-0.1, -0.05) is 6.92 Å². The Morgan fingerprint density at radius 3 is 2.78 bits per heavy atom. The van der Waals surface area contributed by atoms with Crippen LogP contribution in [0.1, 0.15) is 30.2 Å². The number of rotatable bonds is 9. The quantitative estimate of drug-likeness (QED) is 0.689. The first-order valence-corrected chi connectivity index (χ1v) is 8.19. The van der Waals surface area contributed by atoms with E-state index in [1.165, 1.54) is 33.5 Å². The molecule has 0 aliphatic carbocycles. The maximum atomic E-state index is 5.00. The number of halogens is 1. The predicted molar refractivity (Wildman–Crippen MR) is 83.6 cm³/mol. The highest BCUT2D eigenvalue weighted by molar-refractivity contribution is 9.11. The van der Waals surface area contributed by atoms with Gasteiger partial charge in [-0.05, 0) is 66.2 Å². The highest BCUT2D eigenvalue weighted by atomic mass is 79.9. The first kappa shape index (κ1) is 16.2. The van der Waals surface area contributed by atoms with E-state index in [1.807, 2.05) is 11.3 Å². The van der Waals surface area contributed by atoms with Crippen LogP contribution in [0.2, 0.25) is 0 Å². The minimum absolute atomic E-state index is 0.776. The summed E-state index contributed by atoms with van der Waals surface area (Å²) in [5.74, 6) is 0.776. The Balaban J connectivity index is 2.13. The van der Waals surface area contributed by atoms with Crippen molar-refractivity contribution in [1.29, 1.82) is 0 Å². The number of hydrogen-bond donors (Lipinski definition) is 1. The van der Waals surface area contributed by atoms with Gasteiger partial charge < -0.3 is 10.1 Å². The van der Waals surface area contributed by atoms with Gasteiger partial charge in [0.2, 0.25) is 0 Å². The molecule has 1 aromatic rings. The Morgan fingerprint density at radius 1 is 1.39 bits per heavy atom. The van der Waals surface area contributed by atoms with Gasteiger partial charge in [-0.15, -0.1) is 11.3 Å². The summed E-state index contributed by atoms with van der Waals surface area (Å²) in [5, 5.41) is 3.40. The number of aryl methyl sites for hydroxylation is 2. The number of thiophene rings is 1. The lowest BCUT2D eigenvalue weighted by molar-refractivity contribution is 0.199. The average molecular weight is 334 g/mol. The van der Waals surface area contributed by atoms with Crippen LogP contribution in [0.4, 0.5) is 0 Å². The molecule has 1 N–H and O–H groups in total. The molecule has 18 heavy (non-hydrogen) atoms. The zero-order valence-electron chi connectivity index (χ0n) is 11.6. The van der Waals surface area contributed by atoms with E-state index in [1.54, 1.807) is 7.11 Å². The van der Waals surface area contributed by atoms with Gasteiger partial charge in [-0.3, -0.25) is 0 Å². The lowest BCUT2D eigenvalue weighted by atomic mass is 9.99. The van der Waals surface area contributed by atoms with E-state index in [0.717, 1.165) is 25.6 Å². The van der Waals surface area contributed by atoms with Crippen LogP contribution in [0.5, 0.6) is 0 Å². The zero-order chi connectivity index (χ0) is 13.4. The predicted octanol–water partition coefficient (Wildman–Crippen LogP) is 4.01. The molecular weight excluding hydrogens is 310 g/mol. The summed E-state index contributed by atoms with van der Waals surface area (Å²) in [6.45, 7) is 7.41. The molecule has 0 radical (unpaired) electrons. The van der Waals surface area contributed by atoms with E-state index >= 15 is 0 Å². The summed E-state index contributed by atoms with van der Waals surface area (Å²) >= 11 is 5.39. The highest BCUT2D eigenvalue weighted by Gasteiger charge is 2.07. The van der Waals surface area contributed by atoms with Crippen molar-refractivity contribution >= 4 is 27.3 Å². The van der Waals surface area contributed by atoms with Crippen molar-refractivity contribution in [2.24, 2.45) is 5.92 Å². The Kier molecular flexibility index (Phi) is 8.15. The van der Waals surface area contributed by atoms with Gasteiger partial charge in [0.05, 0.1) is 10.4 Å². The van der Waals surface area contributed by atoms with E-state index in [9.17, 15) is 0 Å². The van der Waals surface area contributed by atoms with Crippen molar-refractivity contribution in [3.8, 4) is 0 Å². The van der Waals surface area contributed by atoms with E-state index < -0.39 is 0 Å². The summed E-state index contributed by atoms with van der Waals surface area (Å²) in [6, 6.07) is 2.27. The number of nitrogens with one attached hydrogen (secondary N) is 1. The summed E-state index contributed by atoms with van der Waals surface area (Å²) in [7, 11) is 1.74. The SMILES string of the molecule is COCCNCCC(C)CCc1cc(Br)sc1C. The maximum Gasteiger partial charge on any atom is 0.0704 e. The van der Waals surface area contributed by atoms with E-state index in [2.05, 4.69) is 41.2 Å². The molecule has 1 atom stereocenters. The van der Waals surface area contributed by atoms with Crippen LogP contribution in [0.25, 0.3) is 0 Å². The minimum atomic E-state index is 0.776. The second kappa shape index (κ2) is 9.08. The van der Waals surface area contributed by atoms with Crippen molar-refractivity contribution in [3.63, 3.8) is 0 Å². The third kappa shape index (κ3) is 6.32. The third-order valence-corrected chi connectivity index (χ3v) is 4.79. The second-order valence-corrected chi connectivity index (χ2v) is 7.44. The molecular formula is C14H24BrNOS. The molecule has 2 nitrogen and oxygen atoms in total. The van der Waals surface area contributed by atoms with Gasteiger partial charge in [0.1, 0.15) is 0 Å². The van der Waals surface area contributed by atoms with Gasteiger partial charge in [-0.25, -0.2) is 0 Å². The topological polar surface area (TPSA) is 21.3 Å². The maximum absolute atomic E-state index is 5.00. The van der Waals surface area contributed by atoms with Crippen molar-refractivity contribution in [3.05, 3.63) is 20.3 Å². The van der Waals surface area contributed by atoms with E-state index in [4.69, 9.17) is 4.74 Å². The summed E-state index contributed by atoms with van der Waals surface area (Å²) < 4.78 is 6.26. The molecule has 1 heterocycles. The van der Waals surface area contributed by atoms with Crippen LogP contribution in [-0.2, 0) is 11.2 Å². The fourth-order valence-electron chi connectivity index (χ4n) is 1.92. The van der Waals surface area contributed by atoms with Crippen molar-refractivity contribution in [2.75, 3.05) is 26.8 Å². The summed E-state index contributed by atoms with van der Waals surface area (Å²) in [6.07, 6.45) is 3.72. The average Bonchev–Trinajstić information content (AvgIpc) is 2.65. The molecule has 0 aliphatic heterocycles. The minimum Gasteiger partial charge on any atom is -0.383 e. The monoisotopic (exact) mass is 333 g/mol. The Bertz CT molecular complexity index is 341. The molecule has 104 valence electrons. The van der Waals surface area contributed by atoms with Gasteiger partial charge in [0, 0.05) is 18.5 Å². The van der Waals surface area contributed by atoms with Crippen LogP contribution in [0.15, 0.2) is 9.85 Å². The Labute approximate surface area is 123 Å². The van der Waals surface area contributed by atoms with E-state index in [-0.39, 0.29) is 0 Å². The van der Waals surface area contributed by atoms with Crippen LogP contribution < -0.4 is 5.32 Å². The summed E-state index contributed by atoms with van der Waals surface area (Å²) in [4.78, 5) is 1.45. The molecule has 0 bridgehead atoms. The van der Waals surface area contributed by atoms with Crippen LogP contribution >= 0.6 is 27.3 Å². The van der Waals surface area contributed by atoms with Gasteiger partial charge in [0.15, 0.2) is 0 Å². The molecule has 0 fully saturated rings. The van der Waals surface area contributed by atoms with Gasteiger partial charge in [0.25, 0.3) is 0 Å². The summed E-state index contributed by atoms with van der Waals surface area (Å²) in [5.41, 5.74) is 1.51. The standard InChI is InChI=1S/C14H24BrNOS/c1-11(6-7-16-8-9-17-3)4-5-13-10-14(15)18-12(13)2/h10-11,16H,4-9H2,1-3H3. The number of ether oxygens (including phenoxy) is 1. The zero-order valence-corrected chi connectivity index (χ0v) is 14.0. The molecule has 0 saturated carbocycles. The molecule has 1 aromatic heterocycles.